The number of halogens is 1. The third kappa shape index (κ3) is 1.63. The first-order valence-electron chi connectivity index (χ1n) is 4.44. The summed E-state index contributed by atoms with van der Waals surface area (Å²) in [4.78, 5) is 0. The molecule has 1 aromatic carbocycles. The van der Waals surface area contributed by atoms with Crippen LogP contribution >= 0.6 is 11.6 Å². The van der Waals surface area contributed by atoms with Crippen LogP contribution < -0.4 is 0 Å². The molecule has 14 heavy (non-hydrogen) atoms. The Hall–Kier alpha value is -1.35. The minimum absolute atomic E-state index is 0.790. The Bertz CT molecular complexity index is 423. The molecule has 0 bridgehead atoms. The van der Waals surface area contributed by atoms with Gasteiger partial charge >= 0.3 is 0 Å². The highest BCUT2D eigenvalue weighted by atomic mass is 35.5. The zero-order chi connectivity index (χ0) is 9.97. The van der Waals surface area contributed by atoms with E-state index in [0.717, 1.165) is 22.7 Å². The molecule has 0 N–H and O–H groups in total. The van der Waals surface area contributed by atoms with Gasteiger partial charge < -0.3 is 0 Å². The SMILES string of the molecule is CCc1ccc(-n2cnnc2)cc1Cl. The summed E-state index contributed by atoms with van der Waals surface area (Å²) in [5.41, 5.74) is 2.14. The van der Waals surface area contributed by atoms with Gasteiger partial charge in [-0.25, -0.2) is 0 Å². The van der Waals surface area contributed by atoms with Crippen LogP contribution in [0.4, 0.5) is 0 Å². The Labute approximate surface area is 87.3 Å². The van der Waals surface area contributed by atoms with E-state index >= 15 is 0 Å². The molecule has 0 aliphatic carbocycles. The lowest BCUT2D eigenvalue weighted by Gasteiger charge is -2.04. The van der Waals surface area contributed by atoms with E-state index < -0.39 is 0 Å². The Morgan fingerprint density at radius 1 is 1.29 bits per heavy atom. The normalized spacial score (nSPS) is 10.4. The fourth-order valence-electron chi connectivity index (χ4n) is 1.32. The predicted molar refractivity (Wildman–Crippen MR) is 55.7 cm³/mol. The fraction of sp³-hybridized carbons (Fsp3) is 0.200. The molecule has 2 rings (SSSR count). The molecule has 72 valence electrons. The largest absolute Gasteiger partial charge is 0.288 e. The summed E-state index contributed by atoms with van der Waals surface area (Å²) in [6, 6.07) is 5.95. The van der Waals surface area contributed by atoms with Crippen molar-refractivity contribution in [2.75, 3.05) is 0 Å². The van der Waals surface area contributed by atoms with Gasteiger partial charge in [-0.15, -0.1) is 10.2 Å². The van der Waals surface area contributed by atoms with Crippen LogP contribution in [0.3, 0.4) is 0 Å². The smallest absolute Gasteiger partial charge is 0.123 e. The Morgan fingerprint density at radius 2 is 2.00 bits per heavy atom. The molecule has 0 saturated carbocycles. The lowest BCUT2D eigenvalue weighted by atomic mass is 10.1. The zero-order valence-electron chi connectivity index (χ0n) is 7.81. The average molecular weight is 208 g/mol. The Morgan fingerprint density at radius 3 is 2.57 bits per heavy atom. The van der Waals surface area contributed by atoms with Crippen molar-refractivity contribution < 1.29 is 0 Å². The molecular weight excluding hydrogens is 198 g/mol. The van der Waals surface area contributed by atoms with Crippen molar-refractivity contribution in [3.05, 3.63) is 41.4 Å². The predicted octanol–water partition coefficient (Wildman–Crippen LogP) is 2.48. The summed E-state index contributed by atoms with van der Waals surface area (Å²) in [5, 5.41) is 8.27. The maximum atomic E-state index is 6.09. The quantitative estimate of drug-likeness (QED) is 0.758. The van der Waals surface area contributed by atoms with Gasteiger partial charge in [0.05, 0.1) is 0 Å². The molecular formula is C10H10ClN3. The van der Waals surface area contributed by atoms with E-state index in [9.17, 15) is 0 Å². The molecule has 1 aromatic heterocycles. The van der Waals surface area contributed by atoms with E-state index in [1.54, 1.807) is 12.7 Å². The molecule has 1 heterocycles. The third-order valence-electron chi connectivity index (χ3n) is 2.13. The van der Waals surface area contributed by atoms with Gasteiger partial charge in [-0.05, 0) is 24.1 Å². The summed E-state index contributed by atoms with van der Waals surface area (Å²) >= 11 is 6.09. The Balaban J connectivity index is 2.43. The molecule has 0 radical (unpaired) electrons. The van der Waals surface area contributed by atoms with Gasteiger partial charge in [-0.2, -0.15) is 0 Å². The number of benzene rings is 1. The van der Waals surface area contributed by atoms with E-state index in [0.29, 0.717) is 0 Å². The molecule has 0 spiro atoms. The first-order chi connectivity index (χ1) is 6.81. The number of nitrogens with zero attached hydrogens (tertiary/aromatic N) is 3. The second kappa shape index (κ2) is 3.80. The standard InChI is InChI=1S/C10H10ClN3/c1-2-8-3-4-9(5-10(8)11)14-6-12-13-7-14/h3-7H,2H2,1H3. The molecule has 0 aliphatic heterocycles. The first kappa shape index (κ1) is 9.21. The average Bonchev–Trinajstić information content (AvgIpc) is 2.70. The van der Waals surface area contributed by atoms with E-state index in [2.05, 4.69) is 17.1 Å². The summed E-state index contributed by atoms with van der Waals surface area (Å²) in [5.74, 6) is 0. The second-order valence-corrected chi connectivity index (χ2v) is 3.41. The molecule has 2 aromatic rings. The maximum Gasteiger partial charge on any atom is 0.123 e. The van der Waals surface area contributed by atoms with E-state index in [4.69, 9.17) is 11.6 Å². The summed E-state index contributed by atoms with van der Waals surface area (Å²) in [6.45, 7) is 2.08. The van der Waals surface area contributed by atoms with E-state index in [1.165, 1.54) is 0 Å². The molecule has 4 heteroatoms. The minimum Gasteiger partial charge on any atom is -0.288 e. The van der Waals surface area contributed by atoms with Crippen LogP contribution in [0.25, 0.3) is 5.69 Å². The number of hydrogen-bond donors (Lipinski definition) is 0. The van der Waals surface area contributed by atoms with Gasteiger partial charge in [-0.1, -0.05) is 24.6 Å². The first-order valence-corrected chi connectivity index (χ1v) is 4.82. The number of hydrogen-bond acceptors (Lipinski definition) is 2. The van der Waals surface area contributed by atoms with Gasteiger partial charge in [-0.3, -0.25) is 4.57 Å². The number of aryl methyl sites for hydroxylation is 1. The molecule has 0 amide bonds. The van der Waals surface area contributed by atoms with Crippen molar-refractivity contribution in [1.29, 1.82) is 0 Å². The van der Waals surface area contributed by atoms with E-state index in [1.807, 2.05) is 22.8 Å². The van der Waals surface area contributed by atoms with Crippen molar-refractivity contribution >= 4 is 11.6 Å². The second-order valence-electron chi connectivity index (χ2n) is 3.00. The molecule has 0 saturated heterocycles. The number of aromatic nitrogens is 3. The van der Waals surface area contributed by atoms with Crippen LogP contribution in [0.15, 0.2) is 30.9 Å². The van der Waals surface area contributed by atoms with Gasteiger partial charge in [0.25, 0.3) is 0 Å². The van der Waals surface area contributed by atoms with Crippen LogP contribution in [-0.2, 0) is 6.42 Å². The molecule has 0 atom stereocenters. The van der Waals surface area contributed by atoms with Crippen LogP contribution in [0.2, 0.25) is 5.02 Å². The molecule has 0 fully saturated rings. The molecule has 0 unspecified atom stereocenters. The highest BCUT2D eigenvalue weighted by Crippen LogP contribution is 2.20. The van der Waals surface area contributed by atoms with Crippen LogP contribution in [0.5, 0.6) is 0 Å². The third-order valence-corrected chi connectivity index (χ3v) is 2.49. The monoisotopic (exact) mass is 207 g/mol. The topological polar surface area (TPSA) is 30.7 Å². The molecule has 0 aliphatic rings. The highest BCUT2D eigenvalue weighted by Gasteiger charge is 2.01. The minimum atomic E-state index is 0.790. The fourth-order valence-corrected chi connectivity index (χ4v) is 1.63. The van der Waals surface area contributed by atoms with Crippen LogP contribution in [0, 0.1) is 0 Å². The summed E-state index contributed by atoms with van der Waals surface area (Å²) in [7, 11) is 0. The van der Waals surface area contributed by atoms with Gasteiger partial charge in [0.2, 0.25) is 0 Å². The number of rotatable bonds is 2. The van der Waals surface area contributed by atoms with Gasteiger partial charge in [0.1, 0.15) is 12.7 Å². The van der Waals surface area contributed by atoms with Crippen molar-refractivity contribution in [2.45, 2.75) is 13.3 Å². The van der Waals surface area contributed by atoms with E-state index in [-0.39, 0.29) is 0 Å². The Kier molecular flexibility index (Phi) is 2.50. The lowest BCUT2D eigenvalue weighted by molar-refractivity contribution is 1.05. The van der Waals surface area contributed by atoms with Gasteiger partial charge in [0, 0.05) is 10.7 Å². The molecule has 3 nitrogen and oxygen atoms in total. The van der Waals surface area contributed by atoms with Crippen molar-refractivity contribution in [3.8, 4) is 5.69 Å². The maximum absolute atomic E-state index is 6.09. The van der Waals surface area contributed by atoms with Crippen LogP contribution in [-0.4, -0.2) is 14.8 Å². The van der Waals surface area contributed by atoms with Crippen LogP contribution in [0.1, 0.15) is 12.5 Å². The zero-order valence-corrected chi connectivity index (χ0v) is 8.57. The van der Waals surface area contributed by atoms with Gasteiger partial charge in [0.15, 0.2) is 0 Å². The summed E-state index contributed by atoms with van der Waals surface area (Å²) < 4.78 is 1.82. The van der Waals surface area contributed by atoms with Crippen molar-refractivity contribution in [1.82, 2.24) is 14.8 Å². The highest BCUT2D eigenvalue weighted by molar-refractivity contribution is 6.31. The summed E-state index contributed by atoms with van der Waals surface area (Å²) in [6.07, 6.45) is 4.25. The van der Waals surface area contributed by atoms with Crippen molar-refractivity contribution in [2.24, 2.45) is 0 Å². The lowest BCUT2D eigenvalue weighted by Crippen LogP contribution is -1.91. The van der Waals surface area contributed by atoms with Crippen molar-refractivity contribution in [3.63, 3.8) is 0 Å².